The smallest absolute Gasteiger partial charge is 0.330 e. The van der Waals surface area contributed by atoms with E-state index in [4.69, 9.17) is 9.66 Å². The molecule has 6 heteroatoms. The van der Waals surface area contributed by atoms with Gasteiger partial charge < -0.3 is 5.11 Å². The van der Waals surface area contributed by atoms with E-state index in [1.165, 1.54) is 6.92 Å². The second kappa shape index (κ2) is 5.50. The first kappa shape index (κ1) is 13.4. The first-order valence-corrected chi connectivity index (χ1v) is 4.19. The van der Waals surface area contributed by atoms with E-state index < -0.39 is 16.1 Å². The molecule has 0 heterocycles. The number of carboxylic acids is 1. The van der Waals surface area contributed by atoms with Crippen LogP contribution in [0.4, 0.5) is 0 Å². The minimum absolute atomic E-state index is 0.176. The highest BCUT2D eigenvalue weighted by Crippen LogP contribution is 1.81. The molecule has 2 N–H and O–H groups in total. The Morgan fingerprint density at radius 3 is 1.67 bits per heavy atom. The maximum atomic E-state index is 9.60. The van der Waals surface area contributed by atoms with Crippen molar-refractivity contribution in [1.29, 1.82) is 0 Å². The fourth-order valence-corrected chi connectivity index (χ4v) is 0. The zero-order valence-electron chi connectivity index (χ0n) is 6.52. The zero-order chi connectivity index (χ0) is 10.4. The molecule has 0 aromatic rings. The molecule has 0 saturated heterocycles. The molecule has 70 valence electrons. The molecule has 0 atom stereocenters. The molecule has 0 fully saturated rings. The summed E-state index contributed by atoms with van der Waals surface area (Å²) >= 11 is 0. The van der Waals surface area contributed by atoms with Gasteiger partial charge in [0.2, 0.25) is 0 Å². The maximum absolute atomic E-state index is 9.60. The van der Waals surface area contributed by atoms with Crippen LogP contribution in [0.5, 0.6) is 0 Å². The highest BCUT2D eigenvalue weighted by Gasteiger charge is 1.90. The molecular formula is C6H10O5S. The third-order valence-electron chi connectivity index (χ3n) is 0.576. The van der Waals surface area contributed by atoms with Crippen molar-refractivity contribution in [2.45, 2.75) is 6.92 Å². The molecular weight excluding hydrogens is 184 g/mol. The van der Waals surface area contributed by atoms with Crippen LogP contribution in [-0.2, 0) is 14.9 Å². The van der Waals surface area contributed by atoms with Gasteiger partial charge in [-0.05, 0) is 6.92 Å². The third kappa shape index (κ3) is 15.9. The highest BCUT2D eigenvalue weighted by molar-refractivity contribution is 7.88. The maximum Gasteiger partial charge on any atom is 0.330 e. The van der Waals surface area contributed by atoms with E-state index in [2.05, 4.69) is 13.2 Å². The van der Waals surface area contributed by atoms with Gasteiger partial charge in [-0.3, -0.25) is 4.55 Å². The lowest BCUT2D eigenvalue weighted by molar-refractivity contribution is -0.132. The number of carbonyl (C=O) groups is 1. The van der Waals surface area contributed by atoms with Gasteiger partial charge >= 0.3 is 5.97 Å². The molecule has 0 spiro atoms. The van der Waals surface area contributed by atoms with E-state index in [1.54, 1.807) is 0 Å². The second-order valence-corrected chi connectivity index (χ2v) is 3.13. The van der Waals surface area contributed by atoms with Crippen molar-refractivity contribution in [2.75, 3.05) is 0 Å². The van der Waals surface area contributed by atoms with Gasteiger partial charge in [-0.1, -0.05) is 13.2 Å². The van der Waals surface area contributed by atoms with Crippen molar-refractivity contribution in [1.82, 2.24) is 0 Å². The van der Waals surface area contributed by atoms with Gasteiger partial charge in [0.1, 0.15) is 0 Å². The Hall–Kier alpha value is -1.14. The predicted molar refractivity (Wildman–Crippen MR) is 44.2 cm³/mol. The van der Waals surface area contributed by atoms with Crippen molar-refractivity contribution in [3.63, 3.8) is 0 Å². The molecule has 12 heavy (non-hydrogen) atoms. The average Bonchev–Trinajstić information content (AvgIpc) is 1.87. The summed E-state index contributed by atoms with van der Waals surface area (Å²) in [4.78, 5) is 9.60. The molecule has 0 amide bonds. The summed E-state index contributed by atoms with van der Waals surface area (Å²) in [5.74, 6) is -0.935. The SMILES string of the molecule is C=C(C)C(=O)O.C=CS(=O)(=O)O. The lowest BCUT2D eigenvalue weighted by Gasteiger charge is -1.79. The molecule has 0 aromatic heterocycles. The van der Waals surface area contributed by atoms with Gasteiger partial charge in [0.05, 0.1) is 5.41 Å². The molecule has 0 aliphatic carbocycles. The molecule has 0 aliphatic heterocycles. The number of rotatable bonds is 2. The minimum Gasteiger partial charge on any atom is -0.478 e. The summed E-state index contributed by atoms with van der Waals surface area (Å²) in [6, 6.07) is 0. The largest absolute Gasteiger partial charge is 0.478 e. The monoisotopic (exact) mass is 194 g/mol. The van der Waals surface area contributed by atoms with Crippen molar-refractivity contribution >= 4 is 16.1 Å². The zero-order valence-corrected chi connectivity index (χ0v) is 7.34. The Kier molecular flexibility index (Phi) is 6.17. The van der Waals surface area contributed by atoms with E-state index in [1.807, 2.05) is 0 Å². The molecule has 0 aromatic carbocycles. The van der Waals surface area contributed by atoms with Crippen LogP contribution in [0.1, 0.15) is 6.92 Å². The summed E-state index contributed by atoms with van der Waals surface area (Å²) < 4.78 is 26.6. The van der Waals surface area contributed by atoms with E-state index in [0.717, 1.165) is 0 Å². The molecule has 0 rings (SSSR count). The Morgan fingerprint density at radius 1 is 1.50 bits per heavy atom. The quantitative estimate of drug-likeness (QED) is 0.497. The van der Waals surface area contributed by atoms with Crippen molar-refractivity contribution < 1.29 is 22.9 Å². The van der Waals surface area contributed by atoms with Crippen molar-refractivity contribution in [3.8, 4) is 0 Å². The van der Waals surface area contributed by atoms with Crippen molar-refractivity contribution in [2.24, 2.45) is 0 Å². The Bertz CT molecular complexity index is 251. The lowest BCUT2D eigenvalue weighted by Crippen LogP contribution is -1.92. The minimum atomic E-state index is -3.90. The fraction of sp³-hybridized carbons (Fsp3) is 0.167. The molecule has 5 nitrogen and oxygen atoms in total. The Morgan fingerprint density at radius 2 is 1.67 bits per heavy atom. The van der Waals surface area contributed by atoms with Gasteiger partial charge in [-0.2, -0.15) is 8.42 Å². The molecule has 0 unspecified atom stereocenters. The van der Waals surface area contributed by atoms with Gasteiger partial charge in [-0.15, -0.1) is 0 Å². The normalized spacial score (nSPS) is 9.17. The standard InChI is InChI=1S/C4H6O2.C2H4O3S/c1-3(2)4(5)6;1-2-6(3,4)5/h1H2,2H3,(H,5,6);2H,1H2,(H,3,4,5). The van der Waals surface area contributed by atoms with Crippen LogP contribution in [-0.4, -0.2) is 24.0 Å². The number of carboxylic acid groups (broad SMARTS) is 1. The van der Waals surface area contributed by atoms with Crippen molar-refractivity contribution in [3.05, 3.63) is 24.1 Å². The van der Waals surface area contributed by atoms with Crippen LogP contribution in [0.15, 0.2) is 24.1 Å². The Labute approximate surface area is 70.8 Å². The summed E-state index contributed by atoms with van der Waals surface area (Å²) in [7, 11) is -3.90. The van der Waals surface area contributed by atoms with Crippen LogP contribution in [0.3, 0.4) is 0 Å². The average molecular weight is 194 g/mol. The van der Waals surface area contributed by atoms with E-state index in [0.29, 0.717) is 5.41 Å². The van der Waals surface area contributed by atoms with Crippen LogP contribution >= 0.6 is 0 Å². The first-order chi connectivity index (χ1) is 5.20. The summed E-state index contributed by atoms with van der Waals surface area (Å²) in [5, 5.41) is 8.36. The number of hydrogen-bond acceptors (Lipinski definition) is 3. The van der Waals surface area contributed by atoms with E-state index >= 15 is 0 Å². The number of hydrogen-bond donors (Lipinski definition) is 2. The molecule has 0 saturated carbocycles. The number of aliphatic carboxylic acids is 1. The summed E-state index contributed by atoms with van der Waals surface area (Å²) in [6.45, 7) is 7.40. The highest BCUT2D eigenvalue weighted by atomic mass is 32.2. The predicted octanol–water partition coefficient (Wildman–Crippen LogP) is 0.665. The molecule has 0 bridgehead atoms. The van der Waals surface area contributed by atoms with Gasteiger partial charge in [0.25, 0.3) is 10.1 Å². The van der Waals surface area contributed by atoms with Crippen LogP contribution in [0.25, 0.3) is 0 Å². The van der Waals surface area contributed by atoms with Crippen LogP contribution < -0.4 is 0 Å². The van der Waals surface area contributed by atoms with E-state index in [-0.39, 0.29) is 5.57 Å². The van der Waals surface area contributed by atoms with Crippen LogP contribution in [0.2, 0.25) is 0 Å². The molecule has 0 aliphatic rings. The fourth-order valence-electron chi connectivity index (χ4n) is 0. The third-order valence-corrected chi connectivity index (χ3v) is 0.997. The molecule has 0 radical (unpaired) electrons. The van der Waals surface area contributed by atoms with Gasteiger partial charge in [-0.25, -0.2) is 4.79 Å². The van der Waals surface area contributed by atoms with Gasteiger partial charge in [0.15, 0.2) is 0 Å². The van der Waals surface area contributed by atoms with Gasteiger partial charge in [0, 0.05) is 5.57 Å². The van der Waals surface area contributed by atoms with E-state index in [9.17, 15) is 13.2 Å². The summed E-state index contributed by atoms with van der Waals surface area (Å²) in [5.41, 5.74) is 0.176. The summed E-state index contributed by atoms with van der Waals surface area (Å²) in [6.07, 6.45) is 0. The lowest BCUT2D eigenvalue weighted by atomic mass is 10.4. The first-order valence-electron chi connectivity index (χ1n) is 2.69. The second-order valence-electron chi connectivity index (χ2n) is 1.77. The topological polar surface area (TPSA) is 91.7 Å². The van der Waals surface area contributed by atoms with Crippen LogP contribution in [0, 0.1) is 0 Å². The Balaban J connectivity index is 0.